The Balaban J connectivity index is 0.000000244. The van der Waals surface area contributed by atoms with E-state index >= 15 is 0 Å². The predicted molar refractivity (Wildman–Crippen MR) is 125 cm³/mol. The van der Waals surface area contributed by atoms with Gasteiger partial charge in [-0.25, -0.2) is 17.6 Å². The van der Waals surface area contributed by atoms with Crippen molar-refractivity contribution in [3.63, 3.8) is 0 Å². The quantitative estimate of drug-likeness (QED) is 0.181. The van der Waals surface area contributed by atoms with E-state index in [1.807, 2.05) is 0 Å². The van der Waals surface area contributed by atoms with Gasteiger partial charge in [0.2, 0.25) is 0 Å². The first-order valence-corrected chi connectivity index (χ1v) is 9.53. The second kappa shape index (κ2) is 11.2. The first-order valence-electron chi connectivity index (χ1n) is 9.53. The molecule has 1 aliphatic rings. The molecule has 0 atom stereocenters. The van der Waals surface area contributed by atoms with Crippen LogP contribution >= 0.6 is 0 Å². The molecule has 5 heteroatoms. The Morgan fingerprint density at radius 1 is 0.719 bits per heavy atom. The van der Waals surface area contributed by atoms with E-state index in [0.29, 0.717) is 0 Å². The van der Waals surface area contributed by atoms with Crippen LogP contribution in [0.2, 0.25) is 0 Å². The fourth-order valence-electron chi connectivity index (χ4n) is 3.07. The van der Waals surface area contributed by atoms with Crippen molar-refractivity contribution in [1.82, 2.24) is 0 Å². The first-order chi connectivity index (χ1) is 14.9. The normalized spacial score (nSPS) is 11.7. The molecule has 0 saturated carbocycles. The number of rotatable bonds is 2. The highest BCUT2D eigenvalue weighted by Gasteiger charge is 2.19. The molecule has 0 bridgehead atoms. The van der Waals surface area contributed by atoms with Crippen molar-refractivity contribution >= 4 is 18.9 Å². The third kappa shape index (κ3) is 5.41. The fourth-order valence-corrected chi connectivity index (χ4v) is 3.07. The van der Waals surface area contributed by atoms with Crippen LogP contribution in [0.15, 0.2) is 90.5 Å². The highest BCUT2D eigenvalue weighted by Crippen LogP contribution is 2.30. The lowest BCUT2D eigenvalue weighted by atomic mass is 9.90. The maximum absolute atomic E-state index is 12.6. The monoisotopic (exact) mass is 433 g/mol. The van der Waals surface area contributed by atoms with E-state index in [2.05, 4.69) is 91.4 Å². The van der Waals surface area contributed by atoms with E-state index in [1.54, 1.807) is 0 Å². The summed E-state index contributed by atoms with van der Waals surface area (Å²) in [7, 11) is 4.72. The zero-order valence-electron chi connectivity index (χ0n) is 16.7. The summed E-state index contributed by atoms with van der Waals surface area (Å²) in [4.78, 5) is 0. The summed E-state index contributed by atoms with van der Waals surface area (Å²) >= 11 is 0. The van der Waals surface area contributed by atoms with E-state index < -0.39 is 34.3 Å². The number of allylic oxidation sites excluding steroid dienone is 5. The summed E-state index contributed by atoms with van der Waals surface area (Å²) in [6.45, 7) is 0.927. The van der Waals surface area contributed by atoms with Crippen molar-refractivity contribution < 1.29 is 17.6 Å². The molecule has 0 N–H and O–H groups in total. The SMILES string of the molecule is C.C1=C[CH+]C(=C(c2ccccc2)c2ccccc2)C=C1.[B]c1c(F)c(F)c(C)c(F)c1F. The first kappa shape index (κ1) is 24.8. The average molecular weight is 433 g/mol. The maximum Gasteiger partial charge on any atom is 0.164 e. The van der Waals surface area contributed by atoms with E-state index in [9.17, 15) is 17.6 Å². The minimum absolute atomic E-state index is 0. The summed E-state index contributed by atoms with van der Waals surface area (Å²) in [6.07, 6.45) is 10.5. The zero-order valence-corrected chi connectivity index (χ0v) is 16.7. The van der Waals surface area contributed by atoms with E-state index in [0.717, 1.165) is 6.92 Å². The van der Waals surface area contributed by atoms with E-state index in [-0.39, 0.29) is 7.43 Å². The summed E-state index contributed by atoms with van der Waals surface area (Å²) in [5, 5.41) is 0. The molecule has 0 nitrogen and oxygen atoms in total. The van der Waals surface area contributed by atoms with Crippen LogP contribution in [-0.2, 0) is 0 Å². The van der Waals surface area contributed by atoms with Gasteiger partial charge >= 0.3 is 0 Å². The van der Waals surface area contributed by atoms with Crippen LogP contribution in [0.4, 0.5) is 17.6 Å². The number of hydrogen-bond donors (Lipinski definition) is 0. The second-order valence-corrected chi connectivity index (χ2v) is 6.77. The van der Waals surface area contributed by atoms with Crippen LogP contribution in [0.3, 0.4) is 0 Å². The van der Waals surface area contributed by atoms with Crippen LogP contribution in [0.5, 0.6) is 0 Å². The molecule has 2 radical (unpaired) electrons. The maximum atomic E-state index is 12.6. The summed E-state index contributed by atoms with van der Waals surface area (Å²) < 4.78 is 50.2. The third-order valence-electron chi connectivity index (χ3n) is 4.70. The summed E-state index contributed by atoms with van der Waals surface area (Å²) in [5.74, 6) is -6.00. The molecule has 3 aromatic carbocycles. The number of benzene rings is 3. The van der Waals surface area contributed by atoms with Gasteiger partial charge in [-0.05, 0) is 36.7 Å². The molecule has 0 aromatic heterocycles. The third-order valence-corrected chi connectivity index (χ3v) is 4.70. The lowest BCUT2D eigenvalue weighted by Crippen LogP contribution is -2.19. The zero-order chi connectivity index (χ0) is 22.4. The van der Waals surface area contributed by atoms with Crippen LogP contribution in [-0.4, -0.2) is 7.85 Å². The molecule has 0 unspecified atom stereocenters. The lowest BCUT2D eigenvalue weighted by molar-refractivity contribution is 0.454. The molecule has 0 saturated heterocycles. The van der Waals surface area contributed by atoms with Crippen molar-refractivity contribution in [2.24, 2.45) is 0 Å². The summed E-state index contributed by atoms with van der Waals surface area (Å²) in [5.41, 5.74) is 3.19. The summed E-state index contributed by atoms with van der Waals surface area (Å²) in [6, 6.07) is 21.1. The second-order valence-electron chi connectivity index (χ2n) is 6.77. The molecule has 32 heavy (non-hydrogen) atoms. The van der Waals surface area contributed by atoms with Gasteiger partial charge in [0.05, 0.1) is 5.57 Å². The molecular weight excluding hydrogens is 411 g/mol. The Morgan fingerprint density at radius 2 is 1.19 bits per heavy atom. The number of halogens is 4. The molecule has 0 heterocycles. The molecule has 0 amide bonds. The number of hydrogen-bond acceptors (Lipinski definition) is 0. The van der Waals surface area contributed by atoms with Gasteiger partial charge in [0.1, 0.15) is 13.4 Å². The van der Waals surface area contributed by atoms with Crippen LogP contribution in [0.25, 0.3) is 5.57 Å². The van der Waals surface area contributed by atoms with Crippen molar-refractivity contribution in [2.75, 3.05) is 0 Å². The van der Waals surface area contributed by atoms with Crippen molar-refractivity contribution in [3.05, 3.63) is 137 Å². The van der Waals surface area contributed by atoms with Gasteiger partial charge < -0.3 is 0 Å². The van der Waals surface area contributed by atoms with Gasteiger partial charge in [-0.1, -0.05) is 43.8 Å². The smallest absolute Gasteiger partial charge is 0.164 e. The Kier molecular flexibility index (Phi) is 8.71. The van der Waals surface area contributed by atoms with Crippen molar-refractivity contribution in [3.8, 4) is 0 Å². The highest BCUT2D eigenvalue weighted by atomic mass is 19.2. The molecule has 1 aliphatic carbocycles. The highest BCUT2D eigenvalue weighted by molar-refractivity contribution is 6.32. The Labute approximate surface area is 188 Å². The lowest BCUT2D eigenvalue weighted by Gasteiger charge is -2.08. The van der Waals surface area contributed by atoms with Gasteiger partial charge in [0.25, 0.3) is 0 Å². The molecule has 0 spiro atoms. The van der Waals surface area contributed by atoms with E-state index in [4.69, 9.17) is 7.85 Å². The molecule has 0 fully saturated rings. The van der Waals surface area contributed by atoms with Crippen molar-refractivity contribution in [2.45, 2.75) is 14.4 Å². The van der Waals surface area contributed by atoms with Crippen LogP contribution in [0.1, 0.15) is 24.1 Å². The Hall–Kier alpha value is -3.47. The molecule has 160 valence electrons. The molecular formula is C27H22BF4+. The fraction of sp³-hybridized carbons (Fsp3) is 0.0741. The van der Waals surface area contributed by atoms with E-state index in [1.165, 1.54) is 22.3 Å². The molecule has 0 aliphatic heterocycles. The van der Waals surface area contributed by atoms with Crippen molar-refractivity contribution in [1.29, 1.82) is 0 Å². The van der Waals surface area contributed by atoms with Gasteiger partial charge in [0, 0.05) is 47.4 Å². The Bertz CT molecular complexity index is 1000. The standard InChI is InChI=1S/C19H15.C7H3BF4.CH4/c1-4-10-16(11-5-1)19(17-12-6-2-7-13-17)18-14-8-3-9-15-18;1-2-4(9)6(11)3(8)7(12)5(2)10;/h1-15H;1H3;1H4/q+1;;. The minimum Gasteiger partial charge on any atom is -0.204 e. The largest absolute Gasteiger partial charge is 0.204 e. The molecule has 4 rings (SSSR count). The minimum atomic E-state index is -1.55. The van der Waals surface area contributed by atoms with Gasteiger partial charge in [0.15, 0.2) is 23.3 Å². The Morgan fingerprint density at radius 3 is 1.59 bits per heavy atom. The molecule has 3 aromatic rings. The average Bonchev–Trinajstić information content (AvgIpc) is 2.83. The van der Waals surface area contributed by atoms with Crippen LogP contribution < -0.4 is 5.46 Å². The van der Waals surface area contributed by atoms with Gasteiger partial charge in [-0.2, -0.15) is 0 Å². The van der Waals surface area contributed by atoms with Crippen LogP contribution in [0, 0.1) is 36.6 Å². The van der Waals surface area contributed by atoms with Gasteiger partial charge in [-0.3, -0.25) is 0 Å². The van der Waals surface area contributed by atoms with Gasteiger partial charge in [-0.15, -0.1) is 0 Å². The topological polar surface area (TPSA) is 0 Å². The predicted octanol–water partition coefficient (Wildman–Crippen LogP) is 6.80.